The second-order valence-electron chi connectivity index (χ2n) is 8.84. The Kier molecular flexibility index (Phi) is 4.04. The molecule has 1 heterocycles. The zero-order valence-corrected chi connectivity index (χ0v) is 18.1. The molecule has 0 saturated heterocycles. The van der Waals surface area contributed by atoms with Gasteiger partial charge in [-0.1, -0.05) is 109 Å². The summed E-state index contributed by atoms with van der Waals surface area (Å²) in [4.78, 5) is 0. The Labute approximate surface area is 193 Å². The third kappa shape index (κ3) is 2.79. The van der Waals surface area contributed by atoms with Gasteiger partial charge in [0.15, 0.2) is 0 Å². The van der Waals surface area contributed by atoms with Crippen LogP contribution in [0.1, 0.15) is 11.1 Å². The lowest BCUT2D eigenvalue weighted by atomic mass is 9.74. The van der Waals surface area contributed by atoms with E-state index in [0.29, 0.717) is 0 Å². The minimum atomic E-state index is -0.0261. The second-order valence-corrected chi connectivity index (χ2v) is 8.84. The second kappa shape index (κ2) is 7.21. The van der Waals surface area contributed by atoms with Gasteiger partial charge < -0.3 is 4.74 Å². The van der Waals surface area contributed by atoms with Crippen LogP contribution in [-0.4, -0.2) is 6.10 Å². The minimum Gasteiger partial charge on any atom is -0.485 e. The van der Waals surface area contributed by atoms with E-state index in [1.807, 2.05) is 0 Å². The van der Waals surface area contributed by atoms with Crippen LogP contribution in [-0.2, 0) is 0 Å². The van der Waals surface area contributed by atoms with Gasteiger partial charge in [0.1, 0.15) is 11.9 Å². The molecule has 0 N–H and O–H groups in total. The smallest absolute Gasteiger partial charge is 0.128 e. The fraction of sp³-hybridized carbons (Fsp3) is 0.0625. The Hall–Kier alpha value is -4.10. The first kappa shape index (κ1) is 18.5. The molecule has 0 spiro atoms. The van der Waals surface area contributed by atoms with Gasteiger partial charge in [-0.3, -0.25) is 0 Å². The van der Waals surface area contributed by atoms with E-state index >= 15 is 0 Å². The third-order valence-corrected chi connectivity index (χ3v) is 7.06. The molecule has 0 bridgehead atoms. The Bertz CT molecular complexity index is 1520. The predicted octanol–water partition coefficient (Wildman–Crippen LogP) is 7.86. The van der Waals surface area contributed by atoms with E-state index in [9.17, 15) is 0 Å². The van der Waals surface area contributed by atoms with Crippen molar-refractivity contribution in [3.63, 3.8) is 0 Å². The highest BCUT2D eigenvalue weighted by Crippen LogP contribution is 2.50. The fourth-order valence-electron chi connectivity index (χ4n) is 5.61. The zero-order chi connectivity index (χ0) is 21.8. The summed E-state index contributed by atoms with van der Waals surface area (Å²) in [6.45, 7) is 0. The largest absolute Gasteiger partial charge is 0.485 e. The monoisotopic (exact) mass is 422 g/mol. The zero-order valence-electron chi connectivity index (χ0n) is 18.1. The average Bonchev–Trinajstić information content (AvgIpc) is 3.03. The Morgan fingerprint density at radius 3 is 2.24 bits per heavy atom. The van der Waals surface area contributed by atoms with Crippen molar-refractivity contribution in [2.24, 2.45) is 5.92 Å². The first-order chi connectivity index (χ1) is 16.4. The number of rotatable bonds is 2. The van der Waals surface area contributed by atoms with E-state index in [0.717, 1.165) is 5.75 Å². The quantitative estimate of drug-likeness (QED) is 0.319. The molecule has 1 nitrogen and oxygen atoms in total. The molecule has 156 valence electrons. The van der Waals surface area contributed by atoms with Crippen LogP contribution >= 0.6 is 0 Å². The molecule has 7 rings (SSSR count). The van der Waals surface area contributed by atoms with Gasteiger partial charge in [0, 0.05) is 5.39 Å². The molecule has 4 aromatic carbocycles. The van der Waals surface area contributed by atoms with Crippen molar-refractivity contribution < 1.29 is 4.74 Å². The maximum atomic E-state index is 6.75. The first-order valence-corrected chi connectivity index (χ1v) is 11.5. The number of ether oxygens (including phenoxy) is 1. The van der Waals surface area contributed by atoms with Crippen molar-refractivity contribution in [3.8, 4) is 16.9 Å². The molecule has 2 unspecified atom stereocenters. The van der Waals surface area contributed by atoms with Crippen molar-refractivity contribution in [2.75, 3.05) is 0 Å². The summed E-state index contributed by atoms with van der Waals surface area (Å²) in [5.74, 6) is 1.14. The highest BCUT2D eigenvalue weighted by atomic mass is 16.5. The highest BCUT2D eigenvalue weighted by molar-refractivity contribution is 6.07. The molecule has 4 aromatic rings. The predicted molar refractivity (Wildman–Crippen MR) is 137 cm³/mol. The summed E-state index contributed by atoms with van der Waals surface area (Å²) in [7, 11) is 0. The van der Waals surface area contributed by atoms with Gasteiger partial charge in [-0.15, -0.1) is 0 Å². The maximum absolute atomic E-state index is 6.75. The molecule has 0 fully saturated rings. The summed E-state index contributed by atoms with van der Waals surface area (Å²) in [6, 6.07) is 32.3. The Morgan fingerprint density at radius 2 is 1.42 bits per heavy atom. The number of benzene rings is 4. The summed E-state index contributed by atoms with van der Waals surface area (Å²) in [5, 5.41) is 2.45. The molecule has 33 heavy (non-hydrogen) atoms. The van der Waals surface area contributed by atoms with E-state index in [1.54, 1.807) is 0 Å². The lowest BCUT2D eigenvalue weighted by Crippen LogP contribution is -2.29. The van der Waals surface area contributed by atoms with Crippen molar-refractivity contribution in [2.45, 2.75) is 6.10 Å². The Balaban J connectivity index is 1.48. The van der Waals surface area contributed by atoms with Crippen molar-refractivity contribution >= 4 is 21.9 Å². The standard InChI is InChI=1S/C32H22O/c1-3-9-21(10-4-1)23-17-19-29-31-25(23)13-7-15-27(31)28-16-8-14-26-24(22-11-5-2-6-12-22)18-20-30(33-29)32(26)28/h1-20,29,31H. The Morgan fingerprint density at radius 1 is 0.636 bits per heavy atom. The summed E-state index contributed by atoms with van der Waals surface area (Å²) in [6.07, 6.45) is 11.2. The number of fused-ring (bicyclic) bond motifs is 1. The highest BCUT2D eigenvalue weighted by Gasteiger charge is 2.37. The topological polar surface area (TPSA) is 9.23 Å². The third-order valence-electron chi connectivity index (χ3n) is 7.06. The normalized spacial score (nSPS) is 20.2. The van der Waals surface area contributed by atoms with Crippen LogP contribution < -0.4 is 4.74 Å². The molecule has 1 heteroatoms. The molecule has 3 aliphatic rings. The van der Waals surface area contributed by atoms with Gasteiger partial charge in [0.25, 0.3) is 0 Å². The van der Waals surface area contributed by atoms with Gasteiger partial charge in [0.2, 0.25) is 0 Å². The molecule has 0 aromatic heterocycles. The molecule has 0 radical (unpaired) electrons. The van der Waals surface area contributed by atoms with Crippen molar-refractivity contribution in [1.82, 2.24) is 0 Å². The molecule has 0 amide bonds. The van der Waals surface area contributed by atoms with Crippen molar-refractivity contribution in [3.05, 3.63) is 138 Å². The van der Waals surface area contributed by atoms with Crippen molar-refractivity contribution in [1.29, 1.82) is 0 Å². The number of allylic oxidation sites excluding steroid dienone is 5. The maximum Gasteiger partial charge on any atom is 0.128 e. The van der Waals surface area contributed by atoms with E-state index in [4.69, 9.17) is 4.74 Å². The van der Waals surface area contributed by atoms with E-state index in [2.05, 4.69) is 121 Å². The lowest BCUT2D eigenvalue weighted by molar-refractivity contribution is 0.227. The molecular formula is C32H22O. The first-order valence-electron chi connectivity index (χ1n) is 11.5. The van der Waals surface area contributed by atoms with Gasteiger partial charge in [-0.05, 0) is 56.5 Å². The van der Waals surface area contributed by atoms with E-state index in [-0.39, 0.29) is 12.0 Å². The van der Waals surface area contributed by atoms with Crippen LogP contribution in [0.5, 0.6) is 5.75 Å². The van der Waals surface area contributed by atoms with Crippen LogP contribution in [0.3, 0.4) is 0 Å². The molecule has 2 atom stereocenters. The lowest BCUT2D eigenvalue weighted by Gasteiger charge is -2.33. The molecule has 1 aliphatic heterocycles. The number of hydrogen-bond donors (Lipinski definition) is 0. The van der Waals surface area contributed by atoms with Crippen LogP contribution in [0.4, 0.5) is 0 Å². The van der Waals surface area contributed by atoms with Gasteiger partial charge in [0.05, 0.1) is 5.92 Å². The van der Waals surface area contributed by atoms with Crippen LogP contribution in [0, 0.1) is 5.92 Å². The van der Waals surface area contributed by atoms with E-state index < -0.39 is 0 Å². The summed E-state index contributed by atoms with van der Waals surface area (Å²) >= 11 is 0. The van der Waals surface area contributed by atoms with Crippen LogP contribution in [0.15, 0.2) is 127 Å². The summed E-state index contributed by atoms with van der Waals surface area (Å²) in [5.41, 5.74) is 8.95. The van der Waals surface area contributed by atoms with Gasteiger partial charge in [-0.25, -0.2) is 0 Å². The molecular weight excluding hydrogens is 400 g/mol. The minimum absolute atomic E-state index is 0.0261. The van der Waals surface area contributed by atoms with Crippen LogP contribution in [0.25, 0.3) is 33.0 Å². The molecule has 0 saturated carbocycles. The average molecular weight is 423 g/mol. The van der Waals surface area contributed by atoms with Crippen LogP contribution in [0.2, 0.25) is 0 Å². The fourth-order valence-corrected chi connectivity index (χ4v) is 5.61. The number of hydrogen-bond acceptors (Lipinski definition) is 1. The summed E-state index contributed by atoms with van der Waals surface area (Å²) < 4.78 is 6.75. The SMILES string of the molecule is C1=CC2=C(c3ccccc3)C=CC3Oc4ccc(-c5ccccc5)c5cccc(c45)C(=C1)C23. The van der Waals surface area contributed by atoms with E-state index in [1.165, 1.54) is 49.7 Å². The van der Waals surface area contributed by atoms with Gasteiger partial charge in [-0.2, -0.15) is 0 Å². The molecule has 2 aliphatic carbocycles. The van der Waals surface area contributed by atoms with Gasteiger partial charge >= 0.3 is 0 Å².